The zero-order valence-electron chi connectivity index (χ0n) is 9.93. The Morgan fingerprint density at radius 3 is 2.94 bits per heavy atom. The molecule has 0 aliphatic rings. The van der Waals surface area contributed by atoms with Gasteiger partial charge in [-0.1, -0.05) is 6.08 Å². The molecule has 1 aromatic rings. The van der Waals surface area contributed by atoms with E-state index < -0.39 is 0 Å². The first kappa shape index (κ1) is 13.7. The minimum atomic E-state index is -0.105. The average Bonchev–Trinajstić information content (AvgIpc) is 2.71. The van der Waals surface area contributed by atoms with Gasteiger partial charge in [-0.2, -0.15) is 0 Å². The number of aliphatic hydroxyl groups excluding tert-OH is 1. The molecule has 0 saturated carbocycles. The van der Waals surface area contributed by atoms with Crippen molar-refractivity contribution in [2.24, 2.45) is 0 Å². The van der Waals surface area contributed by atoms with Crippen LogP contribution in [-0.4, -0.2) is 35.6 Å². The summed E-state index contributed by atoms with van der Waals surface area (Å²) in [4.78, 5) is 14.4. The molecule has 1 rings (SSSR count). The molecule has 1 amide bonds. The molecule has 0 unspecified atom stereocenters. The van der Waals surface area contributed by atoms with E-state index in [1.807, 2.05) is 24.4 Å². The number of amides is 1. The summed E-state index contributed by atoms with van der Waals surface area (Å²) in [5, 5.41) is 10.9. The Morgan fingerprint density at radius 2 is 2.41 bits per heavy atom. The molecule has 0 saturated heterocycles. The lowest BCUT2D eigenvalue weighted by Crippen LogP contribution is -2.32. The highest BCUT2D eigenvalue weighted by molar-refractivity contribution is 7.11. The van der Waals surface area contributed by atoms with Crippen molar-refractivity contribution in [2.45, 2.75) is 6.92 Å². The highest BCUT2D eigenvalue weighted by atomic mass is 32.1. The van der Waals surface area contributed by atoms with Crippen LogP contribution < -0.4 is 0 Å². The van der Waals surface area contributed by atoms with Crippen molar-refractivity contribution in [3.05, 3.63) is 40.6 Å². The number of aryl methyl sites for hydroxylation is 1. The van der Waals surface area contributed by atoms with E-state index in [0.717, 1.165) is 10.4 Å². The molecule has 17 heavy (non-hydrogen) atoms. The van der Waals surface area contributed by atoms with Gasteiger partial charge in [-0.25, -0.2) is 0 Å². The number of thiophene rings is 1. The van der Waals surface area contributed by atoms with Crippen LogP contribution in [0.3, 0.4) is 0 Å². The third-order valence-corrected chi connectivity index (χ3v) is 3.29. The van der Waals surface area contributed by atoms with E-state index in [-0.39, 0.29) is 12.5 Å². The van der Waals surface area contributed by atoms with E-state index in [1.54, 1.807) is 22.3 Å². The Kier molecular flexibility index (Phi) is 5.66. The Hall–Kier alpha value is -1.39. The molecule has 0 aliphatic heterocycles. The summed E-state index contributed by atoms with van der Waals surface area (Å²) in [6, 6.07) is 2.02. The van der Waals surface area contributed by atoms with Gasteiger partial charge in [0.05, 0.1) is 6.61 Å². The third-order valence-electron chi connectivity index (χ3n) is 2.31. The Bertz CT molecular complexity index is 409. The van der Waals surface area contributed by atoms with Crippen molar-refractivity contribution >= 4 is 23.3 Å². The molecule has 0 aromatic carbocycles. The van der Waals surface area contributed by atoms with Gasteiger partial charge in [-0.15, -0.1) is 17.9 Å². The summed E-state index contributed by atoms with van der Waals surface area (Å²) < 4.78 is 0. The minimum absolute atomic E-state index is 0.0363. The fourth-order valence-corrected chi connectivity index (χ4v) is 2.19. The SMILES string of the molecule is C=CCN(CCO)C(=O)/C=C/c1sccc1C. The van der Waals surface area contributed by atoms with Crippen molar-refractivity contribution in [2.75, 3.05) is 19.7 Å². The molecule has 0 spiro atoms. The van der Waals surface area contributed by atoms with Crippen molar-refractivity contribution in [1.82, 2.24) is 4.90 Å². The summed E-state index contributed by atoms with van der Waals surface area (Å²) in [5.41, 5.74) is 1.16. The lowest BCUT2D eigenvalue weighted by Gasteiger charge is -2.17. The standard InChI is InChI=1S/C13H17NO2S/c1-3-7-14(8-9-15)13(16)5-4-12-11(2)6-10-17-12/h3-6,10,15H,1,7-9H2,2H3/b5-4+. The largest absolute Gasteiger partial charge is 0.395 e. The lowest BCUT2D eigenvalue weighted by atomic mass is 10.2. The van der Waals surface area contributed by atoms with Crippen LogP contribution in [0.2, 0.25) is 0 Å². The van der Waals surface area contributed by atoms with Gasteiger partial charge in [-0.3, -0.25) is 4.79 Å². The number of hydrogen-bond acceptors (Lipinski definition) is 3. The second kappa shape index (κ2) is 7.04. The van der Waals surface area contributed by atoms with Gasteiger partial charge < -0.3 is 10.0 Å². The fourth-order valence-electron chi connectivity index (χ4n) is 1.38. The van der Waals surface area contributed by atoms with E-state index in [9.17, 15) is 4.79 Å². The Balaban J connectivity index is 2.66. The van der Waals surface area contributed by atoms with Crippen molar-refractivity contribution in [1.29, 1.82) is 0 Å². The van der Waals surface area contributed by atoms with Gasteiger partial charge in [-0.05, 0) is 30.0 Å². The van der Waals surface area contributed by atoms with Crippen LogP contribution in [-0.2, 0) is 4.79 Å². The molecule has 1 N–H and O–H groups in total. The normalized spacial score (nSPS) is 10.7. The van der Waals surface area contributed by atoms with E-state index in [1.165, 1.54) is 6.08 Å². The van der Waals surface area contributed by atoms with Crippen LogP contribution >= 0.6 is 11.3 Å². The molecule has 0 bridgehead atoms. The molecule has 0 atom stereocenters. The molecule has 3 nitrogen and oxygen atoms in total. The molecule has 1 heterocycles. The topological polar surface area (TPSA) is 40.5 Å². The number of hydrogen-bond donors (Lipinski definition) is 1. The van der Waals surface area contributed by atoms with Crippen LogP contribution in [0.4, 0.5) is 0 Å². The smallest absolute Gasteiger partial charge is 0.246 e. The van der Waals surface area contributed by atoms with Crippen LogP contribution in [0.15, 0.2) is 30.2 Å². The molecule has 0 aliphatic carbocycles. The van der Waals surface area contributed by atoms with E-state index in [0.29, 0.717) is 13.1 Å². The first-order valence-corrected chi connectivity index (χ1v) is 6.30. The molecule has 4 heteroatoms. The van der Waals surface area contributed by atoms with E-state index >= 15 is 0 Å². The highest BCUT2D eigenvalue weighted by Gasteiger charge is 2.07. The van der Waals surface area contributed by atoms with Crippen molar-refractivity contribution in [3.63, 3.8) is 0 Å². The Labute approximate surface area is 106 Å². The summed E-state index contributed by atoms with van der Waals surface area (Å²) >= 11 is 1.60. The first-order valence-electron chi connectivity index (χ1n) is 5.42. The predicted molar refractivity (Wildman–Crippen MR) is 72.0 cm³/mol. The summed E-state index contributed by atoms with van der Waals surface area (Å²) in [7, 11) is 0. The summed E-state index contributed by atoms with van der Waals surface area (Å²) in [5.74, 6) is -0.105. The van der Waals surface area contributed by atoms with Gasteiger partial charge in [0, 0.05) is 24.0 Å². The molecular weight excluding hydrogens is 234 g/mol. The number of aliphatic hydroxyl groups is 1. The number of nitrogens with zero attached hydrogens (tertiary/aromatic N) is 1. The van der Waals surface area contributed by atoms with E-state index in [4.69, 9.17) is 5.11 Å². The van der Waals surface area contributed by atoms with Gasteiger partial charge in [0.1, 0.15) is 0 Å². The molecule has 92 valence electrons. The minimum Gasteiger partial charge on any atom is -0.395 e. The summed E-state index contributed by atoms with van der Waals surface area (Å²) in [6.07, 6.45) is 5.01. The Morgan fingerprint density at radius 1 is 1.65 bits per heavy atom. The van der Waals surface area contributed by atoms with Crippen molar-refractivity contribution in [3.8, 4) is 0 Å². The predicted octanol–water partition coefficient (Wildman–Crippen LogP) is 2.08. The molecule has 0 radical (unpaired) electrons. The van der Waals surface area contributed by atoms with Crippen LogP contribution in [0.25, 0.3) is 6.08 Å². The molecule has 0 fully saturated rings. The van der Waals surface area contributed by atoms with Crippen LogP contribution in [0.5, 0.6) is 0 Å². The van der Waals surface area contributed by atoms with Crippen LogP contribution in [0.1, 0.15) is 10.4 Å². The second-order valence-electron chi connectivity index (χ2n) is 3.60. The maximum absolute atomic E-state index is 11.8. The number of rotatable bonds is 6. The van der Waals surface area contributed by atoms with Gasteiger partial charge in [0.2, 0.25) is 5.91 Å². The van der Waals surface area contributed by atoms with Gasteiger partial charge in [0.25, 0.3) is 0 Å². The van der Waals surface area contributed by atoms with Crippen LogP contribution in [0, 0.1) is 6.92 Å². The van der Waals surface area contributed by atoms with Gasteiger partial charge >= 0.3 is 0 Å². The molecular formula is C13H17NO2S. The second-order valence-corrected chi connectivity index (χ2v) is 4.55. The summed E-state index contributed by atoms with van der Waals surface area (Å²) in [6.45, 7) is 6.35. The lowest BCUT2D eigenvalue weighted by molar-refractivity contribution is -0.125. The van der Waals surface area contributed by atoms with Crippen molar-refractivity contribution < 1.29 is 9.90 Å². The quantitative estimate of drug-likeness (QED) is 0.621. The first-order chi connectivity index (χ1) is 8.19. The zero-order valence-corrected chi connectivity index (χ0v) is 10.7. The third kappa shape index (κ3) is 4.17. The maximum atomic E-state index is 11.8. The maximum Gasteiger partial charge on any atom is 0.246 e. The van der Waals surface area contributed by atoms with Gasteiger partial charge in [0.15, 0.2) is 0 Å². The molecule has 1 aromatic heterocycles. The number of carbonyl (C=O) groups is 1. The average molecular weight is 251 g/mol. The number of carbonyl (C=O) groups excluding carboxylic acids is 1. The van der Waals surface area contributed by atoms with E-state index in [2.05, 4.69) is 6.58 Å². The monoisotopic (exact) mass is 251 g/mol. The fraction of sp³-hybridized carbons (Fsp3) is 0.308. The highest BCUT2D eigenvalue weighted by Crippen LogP contribution is 2.17. The zero-order chi connectivity index (χ0) is 12.7.